The highest BCUT2D eigenvalue weighted by Gasteiger charge is 2.14. The number of carbonyl (C=O) groups excluding carboxylic acids is 2. The van der Waals surface area contributed by atoms with Crippen molar-refractivity contribution in [3.05, 3.63) is 41.6 Å². The van der Waals surface area contributed by atoms with Crippen LogP contribution in [0.2, 0.25) is 0 Å². The lowest BCUT2D eigenvalue weighted by Crippen LogP contribution is -2.28. The van der Waals surface area contributed by atoms with Gasteiger partial charge in [-0.15, -0.1) is 0 Å². The number of allylic oxidation sites excluding steroid dienone is 1. The minimum Gasteiger partial charge on any atom is -0.461 e. The van der Waals surface area contributed by atoms with E-state index in [0.717, 1.165) is 11.4 Å². The third kappa shape index (κ3) is 10.9. The first-order valence-corrected chi connectivity index (χ1v) is 10.2. The Morgan fingerprint density at radius 3 is 2.30 bits per heavy atom. The third-order valence-electron chi connectivity index (χ3n) is 3.87. The zero-order valence-corrected chi connectivity index (χ0v) is 18.3. The quantitative estimate of drug-likeness (QED) is 0.312. The highest BCUT2D eigenvalue weighted by molar-refractivity contribution is 5.96. The summed E-state index contributed by atoms with van der Waals surface area (Å²) in [6.45, 7) is 12.8. The lowest BCUT2D eigenvalue weighted by molar-refractivity contribution is -0.144. The van der Waals surface area contributed by atoms with Crippen LogP contribution >= 0.6 is 0 Å². The molecule has 168 valence electrons. The van der Waals surface area contributed by atoms with Gasteiger partial charge in [0.25, 0.3) is 5.91 Å². The summed E-state index contributed by atoms with van der Waals surface area (Å²) in [4.78, 5) is 24.1. The van der Waals surface area contributed by atoms with Gasteiger partial charge in [-0.2, -0.15) is 0 Å². The second kappa shape index (κ2) is 15.4. The smallest absolute Gasteiger partial charge is 0.305 e. The van der Waals surface area contributed by atoms with Crippen LogP contribution in [0.3, 0.4) is 0 Å². The first kappa shape index (κ1) is 25.6. The van der Waals surface area contributed by atoms with E-state index in [4.69, 9.17) is 18.9 Å². The summed E-state index contributed by atoms with van der Waals surface area (Å²) in [5.74, 6) is -0.582. The molecule has 30 heavy (non-hydrogen) atoms. The lowest BCUT2D eigenvalue weighted by Gasteiger charge is -2.14. The van der Waals surface area contributed by atoms with Gasteiger partial charge in [-0.3, -0.25) is 9.59 Å². The summed E-state index contributed by atoms with van der Waals surface area (Å²) in [5.41, 5.74) is 2.55. The maximum absolute atomic E-state index is 12.7. The van der Waals surface area contributed by atoms with Crippen LogP contribution in [-0.2, 0) is 30.3 Å². The number of ether oxygens (including phenoxy) is 4. The van der Waals surface area contributed by atoms with E-state index >= 15 is 0 Å². The molecular formula is C22H34N2O6. The summed E-state index contributed by atoms with van der Waals surface area (Å²) in [7, 11) is 0. The molecule has 0 fully saturated rings. The molecule has 0 heterocycles. The maximum Gasteiger partial charge on any atom is 0.305 e. The Morgan fingerprint density at radius 1 is 1.00 bits per heavy atom. The maximum atomic E-state index is 12.7. The summed E-state index contributed by atoms with van der Waals surface area (Å²) in [5, 5.41) is 5.91. The number of esters is 1. The van der Waals surface area contributed by atoms with Gasteiger partial charge in [0, 0.05) is 42.1 Å². The van der Waals surface area contributed by atoms with Crippen molar-refractivity contribution in [1.29, 1.82) is 0 Å². The average molecular weight is 423 g/mol. The molecule has 0 unspecified atom stereocenters. The van der Waals surface area contributed by atoms with Gasteiger partial charge in [-0.1, -0.05) is 19.6 Å². The molecule has 0 aliphatic carbocycles. The molecule has 8 nitrogen and oxygen atoms in total. The van der Waals surface area contributed by atoms with Gasteiger partial charge in [0.2, 0.25) is 0 Å². The molecule has 1 amide bonds. The third-order valence-corrected chi connectivity index (χ3v) is 3.87. The van der Waals surface area contributed by atoms with Gasteiger partial charge in [-0.25, -0.2) is 0 Å². The second-order valence-electron chi connectivity index (χ2n) is 6.47. The fraction of sp³-hybridized carbons (Fsp3) is 0.545. The summed E-state index contributed by atoms with van der Waals surface area (Å²) in [6.07, 6.45) is 0.281. The van der Waals surface area contributed by atoms with Crippen LogP contribution in [0.5, 0.6) is 0 Å². The van der Waals surface area contributed by atoms with Crippen LogP contribution in [-0.4, -0.2) is 58.1 Å². The number of amides is 1. The molecule has 0 aliphatic heterocycles. The minimum absolute atomic E-state index is 0.0400. The van der Waals surface area contributed by atoms with Crippen LogP contribution in [0.1, 0.15) is 43.1 Å². The van der Waals surface area contributed by atoms with Gasteiger partial charge in [-0.05, 0) is 26.0 Å². The van der Waals surface area contributed by atoms with Crippen molar-refractivity contribution in [2.45, 2.75) is 33.8 Å². The monoisotopic (exact) mass is 422 g/mol. The normalized spacial score (nSPS) is 10.5. The number of benzene rings is 1. The van der Waals surface area contributed by atoms with E-state index in [-0.39, 0.29) is 24.9 Å². The fourth-order valence-corrected chi connectivity index (χ4v) is 2.41. The van der Waals surface area contributed by atoms with Gasteiger partial charge in [0.05, 0.1) is 33.0 Å². The Balaban J connectivity index is 2.50. The predicted molar refractivity (Wildman–Crippen MR) is 115 cm³/mol. The number of nitrogens with one attached hydrogen (secondary N) is 2. The van der Waals surface area contributed by atoms with Gasteiger partial charge >= 0.3 is 5.97 Å². The van der Waals surface area contributed by atoms with Crippen LogP contribution in [0.15, 0.2) is 30.5 Å². The second-order valence-corrected chi connectivity index (χ2v) is 6.47. The molecule has 0 saturated heterocycles. The van der Waals surface area contributed by atoms with Crippen LogP contribution in [0.4, 0.5) is 5.69 Å². The van der Waals surface area contributed by atoms with Crippen molar-refractivity contribution in [1.82, 2.24) is 5.32 Å². The van der Waals surface area contributed by atoms with Crippen molar-refractivity contribution in [3.8, 4) is 0 Å². The van der Waals surface area contributed by atoms with Crippen LogP contribution in [0.25, 0.3) is 0 Å². The highest BCUT2D eigenvalue weighted by Crippen LogP contribution is 2.18. The van der Waals surface area contributed by atoms with E-state index in [0.29, 0.717) is 57.3 Å². The zero-order chi connectivity index (χ0) is 22.2. The largest absolute Gasteiger partial charge is 0.461 e. The van der Waals surface area contributed by atoms with E-state index < -0.39 is 0 Å². The average Bonchev–Trinajstić information content (AvgIpc) is 2.73. The molecule has 0 bridgehead atoms. The minimum atomic E-state index is -0.317. The Labute approximate surface area is 178 Å². The van der Waals surface area contributed by atoms with E-state index in [2.05, 4.69) is 17.2 Å². The number of hydrogen-bond donors (Lipinski definition) is 2. The van der Waals surface area contributed by atoms with Gasteiger partial charge in [0.1, 0.15) is 6.61 Å². The first-order valence-electron chi connectivity index (χ1n) is 10.2. The van der Waals surface area contributed by atoms with Crippen molar-refractivity contribution in [3.63, 3.8) is 0 Å². The lowest BCUT2D eigenvalue weighted by atomic mass is 10.1. The molecule has 0 atom stereocenters. The molecular weight excluding hydrogens is 388 g/mol. The zero-order valence-electron chi connectivity index (χ0n) is 18.3. The van der Waals surface area contributed by atoms with E-state index in [9.17, 15) is 9.59 Å². The molecule has 0 saturated carbocycles. The van der Waals surface area contributed by atoms with Crippen LogP contribution in [0, 0.1) is 0 Å². The predicted octanol–water partition coefficient (Wildman–Crippen LogP) is 2.88. The van der Waals surface area contributed by atoms with Gasteiger partial charge < -0.3 is 29.6 Å². The summed E-state index contributed by atoms with van der Waals surface area (Å²) >= 11 is 0. The van der Waals surface area contributed by atoms with E-state index in [1.165, 1.54) is 0 Å². The van der Waals surface area contributed by atoms with Crippen molar-refractivity contribution in [2.75, 3.05) is 51.5 Å². The molecule has 8 heteroatoms. The molecule has 1 rings (SSSR count). The molecule has 0 aliphatic rings. The molecule has 0 aromatic heterocycles. The molecule has 2 N–H and O–H groups in total. The SMILES string of the molecule is C=C(C)Nc1ccc(COC(=O)CC)c(C(=O)NCCOCCOCCOCC)c1. The molecule has 0 spiro atoms. The standard InChI is InChI=1S/C22H34N2O6/c1-5-21(25)30-16-18-7-8-19(24-17(3)4)15-20(18)22(26)23-9-10-28-13-14-29-12-11-27-6-2/h7-8,15,24H,3,5-6,9-14,16H2,1-2,4H3,(H,23,26). The van der Waals surface area contributed by atoms with Gasteiger partial charge in [0.15, 0.2) is 0 Å². The molecule has 1 aromatic carbocycles. The van der Waals surface area contributed by atoms with Crippen molar-refractivity contribution in [2.24, 2.45) is 0 Å². The highest BCUT2D eigenvalue weighted by atomic mass is 16.5. The van der Waals surface area contributed by atoms with E-state index in [1.807, 2.05) is 19.9 Å². The summed E-state index contributed by atoms with van der Waals surface area (Å²) < 4.78 is 21.2. The van der Waals surface area contributed by atoms with Crippen LogP contribution < -0.4 is 10.6 Å². The molecule has 0 radical (unpaired) electrons. The Bertz CT molecular complexity index is 678. The fourth-order valence-electron chi connectivity index (χ4n) is 2.41. The summed E-state index contributed by atoms with van der Waals surface area (Å²) in [6, 6.07) is 5.29. The number of rotatable bonds is 16. The number of anilines is 1. The van der Waals surface area contributed by atoms with Crippen molar-refractivity contribution < 1.29 is 28.5 Å². The number of carbonyl (C=O) groups is 2. The number of hydrogen-bond acceptors (Lipinski definition) is 7. The van der Waals surface area contributed by atoms with Crippen molar-refractivity contribution >= 4 is 17.6 Å². The molecule has 1 aromatic rings. The Hall–Kier alpha value is -2.42. The Kier molecular flexibility index (Phi) is 13.2. The topological polar surface area (TPSA) is 95.1 Å². The Morgan fingerprint density at radius 2 is 1.67 bits per heavy atom. The van der Waals surface area contributed by atoms with E-state index in [1.54, 1.807) is 19.1 Å². The first-order chi connectivity index (χ1) is 14.5.